The number of hydrogen-bond acceptors (Lipinski definition) is 2. The van der Waals surface area contributed by atoms with Crippen LogP contribution in [0.4, 0.5) is 0 Å². The first-order valence-electron chi connectivity index (χ1n) is 6.36. The van der Waals surface area contributed by atoms with E-state index in [9.17, 15) is 4.79 Å². The van der Waals surface area contributed by atoms with E-state index in [0.29, 0.717) is 11.8 Å². The second-order valence-electron chi connectivity index (χ2n) is 4.63. The van der Waals surface area contributed by atoms with Gasteiger partial charge in [-0.15, -0.1) is 11.8 Å². The fraction of sp³-hybridized carbons (Fsp3) is 0.500. The van der Waals surface area contributed by atoms with Gasteiger partial charge in [0.15, 0.2) is 0 Å². The molecule has 1 aliphatic carbocycles. The van der Waals surface area contributed by atoms with Gasteiger partial charge in [0.05, 0.1) is 5.75 Å². The number of hydrogen-bond donors (Lipinski definition) is 1. The van der Waals surface area contributed by atoms with E-state index >= 15 is 0 Å². The van der Waals surface area contributed by atoms with Gasteiger partial charge in [-0.1, -0.05) is 42.6 Å². The van der Waals surface area contributed by atoms with Gasteiger partial charge in [0.1, 0.15) is 0 Å². The third-order valence-corrected chi connectivity index (χ3v) is 4.52. The van der Waals surface area contributed by atoms with Crippen molar-refractivity contribution in [3.8, 4) is 0 Å². The molecule has 4 heteroatoms. The molecule has 1 aromatic rings. The molecule has 0 spiro atoms. The number of halogens is 1. The van der Waals surface area contributed by atoms with Crippen LogP contribution in [0, 0.1) is 0 Å². The van der Waals surface area contributed by atoms with E-state index in [0.717, 1.165) is 29.2 Å². The normalized spacial score (nSPS) is 15.8. The third kappa shape index (κ3) is 4.21. The molecule has 0 atom stereocenters. The third-order valence-electron chi connectivity index (χ3n) is 3.17. The van der Waals surface area contributed by atoms with Crippen molar-refractivity contribution in [3.63, 3.8) is 0 Å². The van der Waals surface area contributed by atoms with Crippen molar-refractivity contribution in [2.24, 2.45) is 0 Å². The van der Waals surface area contributed by atoms with Crippen molar-refractivity contribution in [1.82, 2.24) is 5.32 Å². The Balaban J connectivity index is 1.68. The van der Waals surface area contributed by atoms with Crippen LogP contribution in [0.15, 0.2) is 24.3 Å². The maximum Gasteiger partial charge on any atom is 0.230 e. The molecule has 2 nitrogen and oxygen atoms in total. The summed E-state index contributed by atoms with van der Waals surface area (Å²) in [6.07, 6.45) is 4.78. The van der Waals surface area contributed by atoms with Crippen molar-refractivity contribution in [2.45, 2.75) is 37.5 Å². The Labute approximate surface area is 117 Å². The highest BCUT2D eigenvalue weighted by atomic mass is 35.5. The molecular formula is C14H18ClNOS. The Hall–Kier alpha value is -0.670. The molecule has 0 bridgehead atoms. The molecule has 0 heterocycles. The smallest absolute Gasteiger partial charge is 0.230 e. The van der Waals surface area contributed by atoms with Gasteiger partial charge in [-0.3, -0.25) is 4.79 Å². The summed E-state index contributed by atoms with van der Waals surface area (Å²) >= 11 is 7.68. The van der Waals surface area contributed by atoms with Gasteiger partial charge in [0.2, 0.25) is 5.91 Å². The van der Waals surface area contributed by atoms with Crippen LogP contribution >= 0.6 is 23.4 Å². The summed E-state index contributed by atoms with van der Waals surface area (Å²) in [5.74, 6) is 1.46. The lowest BCUT2D eigenvalue weighted by Gasteiger charge is -2.11. The minimum Gasteiger partial charge on any atom is -0.353 e. The lowest BCUT2D eigenvalue weighted by atomic mass is 10.2. The molecule has 0 aliphatic heterocycles. The number of rotatable bonds is 5. The maximum absolute atomic E-state index is 11.7. The first-order valence-corrected chi connectivity index (χ1v) is 7.89. The quantitative estimate of drug-likeness (QED) is 0.894. The molecule has 0 unspecified atom stereocenters. The molecule has 18 heavy (non-hydrogen) atoms. The lowest BCUT2D eigenvalue weighted by molar-refractivity contribution is -0.119. The molecular weight excluding hydrogens is 266 g/mol. The molecule has 0 aromatic heterocycles. The number of carbonyl (C=O) groups is 1. The second-order valence-corrected chi connectivity index (χ2v) is 6.03. The van der Waals surface area contributed by atoms with Crippen molar-refractivity contribution in [1.29, 1.82) is 0 Å². The minimum atomic E-state index is 0.152. The number of thioether (sulfide) groups is 1. The molecule has 1 fully saturated rings. The van der Waals surface area contributed by atoms with Gasteiger partial charge >= 0.3 is 0 Å². The molecule has 1 saturated carbocycles. The number of nitrogens with one attached hydrogen (secondary N) is 1. The monoisotopic (exact) mass is 283 g/mol. The van der Waals surface area contributed by atoms with Gasteiger partial charge in [-0.05, 0) is 24.5 Å². The molecule has 1 amide bonds. The van der Waals surface area contributed by atoms with Crippen LogP contribution in [0.25, 0.3) is 0 Å². The molecule has 1 aromatic carbocycles. The van der Waals surface area contributed by atoms with E-state index in [2.05, 4.69) is 5.32 Å². The van der Waals surface area contributed by atoms with Gasteiger partial charge in [-0.25, -0.2) is 0 Å². The molecule has 98 valence electrons. The fourth-order valence-corrected chi connectivity index (χ4v) is 3.33. The van der Waals surface area contributed by atoms with E-state index < -0.39 is 0 Å². The summed E-state index contributed by atoms with van der Waals surface area (Å²) in [6.45, 7) is 0. The first-order chi connectivity index (χ1) is 8.75. The van der Waals surface area contributed by atoms with Crippen LogP contribution in [0.3, 0.4) is 0 Å². The zero-order valence-electron chi connectivity index (χ0n) is 10.3. The molecule has 2 rings (SSSR count). The SMILES string of the molecule is O=C(CSCc1ccccc1Cl)NC1CCCC1. The summed E-state index contributed by atoms with van der Waals surface area (Å²) in [4.78, 5) is 11.7. The topological polar surface area (TPSA) is 29.1 Å². The van der Waals surface area contributed by atoms with Crippen LogP contribution < -0.4 is 5.32 Å². The molecule has 1 N–H and O–H groups in total. The summed E-state index contributed by atoms with van der Waals surface area (Å²) in [5, 5.41) is 3.87. The van der Waals surface area contributed by atoms with Crippen LogP contribution in [0.5, 0.6) is 0 Å². The summed E-state index contributed by atoms with van der Waals surface area (Å²) in [6, 6.07) is 8.20. The summed E-state index contributed by atoms with van der Waals surface area (Å²) < 4.78 is 0. The van der Waals surface area contributed by atoms with Crippen molar-refractivity contribution in [2.75, 3.05) is 5.75 Å². The number of amides is 1. The highest BCUT2D eigenvalue weighted by molar-refractivity contribution is 7.99. The lowest BCUT2D eigenvalue weighted by Crippen LogP contribution is -2.33. The van der Waals surface area contributed by atoms with Crippen LogP contribution in [-0.2, 0) is 10.5 Å². The highest BCUT2D eigenvalue weighted by Crippen LogP contribution is 2.21. The van der Waals surface area contributed by atoms with Crippen molar-refractivity contribution in [3.05, 3.63) is 34.9 Å². The van der Waals surface area contributed by atoms with Crippen LogP contribution in [-0.4, -0.2) is 17.7 Å². The summed E-state index contributed by atoms with van der Waals surface area (Å²) in [7, 11) is 0. The average Bonchev–Trinajstić information content (AvgIpc) is 2.84. The van der Waals surface area contributed by atoms with Crippen LogP contribution in [0.2, 0.25) is 5.02 Å². The molecule has 0 saturated heterocycles. The van der Waals surface area contributed by atoms with Gasteiger partial charge < -0.3 is 5.32 Å². The zero-order chi connectivity index (χ0) is 12.8. The zero-order valence-corrected chi connectivity index (χ0v) is 11.9. The number of benzene rings is 1. The van der Waals surface area contributed by atoms with E-state index in [1.54, 1.807) is 11.8 Å². The minimum absolute atomic E-state index is 0.152. The van der Waals surface area contributed by atoms with Crippen LogP contribution in [0.1, 0.15) is 31.2 Å². The Morgan fingerprint density at radius 1 is 1.33 bits per heavy atom. The Morgan fingerprint density at radius 3 is 2.78 bits per heavy atom. The Kier molecular flexibility index (Phi) is 5.39. The van der Waals surface area contributed by atoms with E-state index in [4.69, 9.17) is 11.6 Å². The van der Waals surface area contributed by atoms with E-state index in [1.807, 2.05) is 24.3 Å². The van der Waals surface area contributed by atoms with Crippen molar-refractivity contribution < 1.29 is 4.79 Å². The van der Waals surface area contributed by atoms with Gasteiger partial charge in [0.25, 0.3) is 0 Å². The fourth-order valence-electron chi connectivity index (χ4n) is 2.21. The Morgan fingerprint density at radius 2 is 2.06 bits per heavy atom. The van der Waals surface area contributed by atoms with E-state index in [1.165, 1.54) is 12.8 Å². The largest absolute Gasteiger partial charge is 0.353 e. The predicted octanol–water partition coefficient (Wildman–Crippen LogP) is 3.63. The second kappa shape index (κ2) is 7.05. The Bertz CT molecular complexity index is 405. The standard InChI is InChI=1S/C14H18ClNOS/c15-13-8-4-1-5-11(13)9-18-10-14(17)16-12-6-2-3-7-12/h1,4-5,8,12H,2-3,6-7,9-10H2,(H,16,17). The molecule has 1 aliphatic rings. The van der Waals surface area contributed by atoms with Gasteiger partial charge in [-0.2, -0.15) is 0 Å². The average molecular weight is 284 g/mol. The predicted molar refractivity (Wildman–Crippen MR) is 78.0 cm³/mol. The van der Waals surface area contributed by atoms with E-state index in [-0.39, 0.29) is 5.91 Å². The highest BCUT2D eigenvalue weighted by Gasteiger charge is 2.16. The first kappa shape index (κ1) is 13.8. The van der Waals surface area contributed by atoms with Crippen molar-refractivity contribution >= 4 is 29.3 Å². The number of carbonyl (C=O) groups excluding carboxylic acids is 1. The maximum atomic E-state index is 11.7. The summed E-state index contributed by atoms with van der Waals surface area (Å²) in [5.41, 5.74) is 1.10. The van der Waals surface area contributed by atoms with Gasteiger partial charge in [0, 0.05) is 16.8 Å². The molecule has 0 radical (unpaired) electrons.